The summed E-state index contributed by atoms with van der Waals surface area (Å²) in [4.78, 5) is 14.9. The predicted octanol–water partition coefficient (Wildman–Crippen LogP) is 4.18. The lowest BCUT2D eigenvalue weighted by atomic mass is 10.1. The van der Waals surface area contributed by atoms with Gasteiger partial charge in [0.25, 0.3) is 0 Å². The van der Waals surface area contributed by atoms with E-state index >= 15 is 0 Å². The monoisotopic (exact) mass is 291 g/mol. The maximum atomic E-state index is 11.0. The minimum Gasteiger partial charge on any atom is -0.478 e. The molecule has 0 spiro atoms. The molecule has 4 nitrogen and oxygen atoms in total. The number of carboxylic acid groups (broad SMARTS) is 1. The number of hydrogen-bond acceptors (Lipinski definition) is 3. The highest BCUT2D eigenvalue weighted by Gasteiger charge is 2.11. The van der Waals surface area contributed by atoms with Gasteiger partial charge in [-0.1, -0.05) is 37.1 Å². The molecule has 0 aliphatic heterocycles. The van der Waals surface area contributed by atoms with E-state index in [1.165, 1.54) is 17.8 Å². The van der Waals surface area contributed by atoms with Crippen LogP contribution in [0.4, 0.5) is 0 Å². The summed E-state index contributed by atoms with van der Waals surface area (Å²) >= 11 is 5.75. The van der Waals surface area contributed by atoms with Crippen molar-refractivity contribution in [3.05, 3.63) is 52.7 Å². The standard InChI is InChI=1S/C15H14ClNO3/c1-2-3-10-4-6-11(7-5-10)20-14-8-12(15(18)19)13(16)9-17-14/h4-9H,2-3H2,1H3,(H,18,19). The SMILES string of the molecule is CCCc1ccc(Oc2cc(C(=O)O)c(Cl)cn2)cc1. The lowest BCUT2D eigenvalue weighted by molar-refractivity contribution is 0.0696. The summed E-state index contributed by atoms with van der Waals surface area (Å²) in [5.41, 5.74) is 1.20. The fourth-order valence-electron chi connectivity index (χ4n) is 1.77. The Morgan fingerprint density at radius 1 is 1.35 bits per heavy atom. The van der Waals surface area contributed by atoms with Crippen LogP contribution in [0, 0.1) is 0 Å². The van der Waals surface area contributed by atoms with Crippen molar-refractivity contribution in [2.45, 2.75) is 19.8 Å². The molecule has 0 radical (unpaired) electrons. The van der Waals surface area contributed by atoms with Gasteiger partial charge in [-0.05, 0) is 24.1 Å². The van der Waals surface area contributed by atoms with Crippen LogP contribution in [0.15, 0.2) is 36.5 Å². The van der Waals surface area contributed by atoms with Crippen molar-refractivity contribution >= 4 is 17.6 Å². The van der Waals surface area contributed by atoms with Crippen molar-refractivity contribution in [1.29, 1.82) is 0 Å². The molecule has 0 fully saturated rings. The fourth-order valence-corrected chi connectivity index (χ4v) is 1.96. The third-order valence-electron chi connectivity index (χ3n) is 2.75. The average molecular weight is 292 g/mol. The first-order valence-electron chi connectivity index (χ1n) is 6.25. The minimum absolute atomic E-state index is 0.0285. The highest BCUT2D eigenvalue weighted by molar-refractivity contribution is 6.33. The second-order valence-corrected chi connectivity index (χ2v) is 4.71. The zero-order valence-corrected chi connectivity index (χ0v) is 11.7. The summed E-state index contributed by atoms with van der Waals surface area (Å²) in [7, 11) is 0. The van der Waals surface area contributed by atoms with Crippen molar-refractivity contribution in [3.8, 4) is 11.6 Å². The van der Waals surface area contributed by atoms with E-state index in [4.69, 9.17) is 21.4 Å². The van der Waals surface area contributed by atoms with E-state index in [-0.39, 0.29) is 16.5 Å². The molecule has 0 saturated heterocycles. The van der Waals surface area contributed by atoms with Crippen LogP contribution in [0.3, 0.4) is 0 Å². The van der Waals surface area contributed by atoms with Crippen molar-refractivity contribution in [1.82, 2.24) is 4.98 Å². The van der Waals surface area contributed by atoms with E-state index in [1.807, 2.05) is 24.3 Å². The first-order chi connectivity index (χ1) is 9.60. The maximum Gasteiger partial charge on any atom is 0.337 e. The fraction of sp³-hybridized carbons (Fsp3) is 0.200. The highest BCUT2D eigenvalue weighted by Crippen LogP contribution is 2.24. The average Bonchev–Trinajstić information content (AvgIpc) is 2.43. The number of benzene rings is 1. The Morgan fingerprint density at radius 3 is 2.65 bits per heavy atom. The summed E-state index contributed by atoms with van der Waals surface area (Å²) in [5.74, 6) is -0.299. The molecule has 1 aromatic heterocycles. The molecule has 1 aromatic carbocycles. The number of aromatic nitrogens is 1. The van der Waals surface area contributed by atoms with Gasteiger partial charge in [0, 0.05) is 6.07 Å². The molecule has 0 atom stereocenters. The van der Waals surface area contributed by atoms with Crippen molar-refractivity contribution in [3.63, 3.8) is 0 Å². The van der Waals surface area contributed by atoms with Gasteiger partial charge in [-0.25, -0.2) is 9.78 Å². The Bertz CT molecular complexity index is 611. The zero-order valence-electron chi connectivity index (χ0n) is 11.0. The van der Waals surface area contributed by atoms with E-state index in [0.29, 0.717) is 5.75 Å². The molecule has 2 rings (SSSR count). The summed E-state index contributed by atoms with van der Waals surface area (Å²) in [5, 5.41) is 9.07. The highest BCUT2D eigenvalue weighted by atomic mass is 35.5. The number of aryl methyl sites for hydroxylation is 1. The first kappa shape index (κ1) is 14.3. The van der Waals surface area contributed by atoms with Crippen LogP contribution in [0.2, 0.25) is 5.02 Å². The zero-order chi connectivity index (χ0) is 14.5. The first-order valence-corrected chi connectivity index (χ1v) is 6.63. The van der Waals surface area contributed by atoms with Gasteiger partial charge >= 0.3 is 5.97 Å². The summed E-state index contributed by atoms with van der Waals surface area (Å²) in [6.07, 6.45) is 3.37. The number of nitrogens with zero attached hydrogens (tertiary/aromatic N) is 1. The largest absolute Gasteiger partial charge is 0.478 e. The van der Waals surface area contributed by atoms with Crippen LogP contribution >= 0.6 is 11.6 Å². The molecule has 0 saturated carbocycles. The van der Waals surface area contributed by atoms with Crippen molar-refractivity contribution < 1.29 is 14.6 Å². The van der Waals surface area contributed by atoms with E-state index < -0.39 is 5.97 Å². The number of halogens is 1. The molecule has 2 aromatic rings. The van der Waals surface area contributed by atoms with Gasteiger partial charge in [0.2, 0.25) is 5.88 Å². The van der Waals surface area contributed by atoms with Crippen LogP contribution in [-0.2, 0) is 6.42 Å². The topological polar surface area (TPSA) is 59.4 Å². The third-order valence-corrected chi connectivity index (χ3v) is 3.05. The van der Waals surface area contributed by atoms with E-state index in [1.54, 1.807) is 0 Å². The smallest absolute Gasteiger partial charge is 0.337 e. The van der Waals surface area contributed by atoms with Crippen LogP contribution < -0.4 is 4.74 Å². The van der Waals surface area contributed by atoms with Crippen LogP contribution in [-0.4, -0.2) is 16.1 Å². The Hall–Kier alpha value is -2.07. The second-order valence-electron chi connectivity index (χ2n) is 4.30. The molecular formula is C15H14ClNO3. The number of carboxylic acids is 1. The molecular weight excluding hydrogens is 278 g/mol. The van der Waals surface area contributed by atoms with Crippen LogP contribution in [0.25, 0.3) is 0 Å². The van der Waals surface area contributed by atoms with E-state index in [0.717, 1.165) is 12.8 Å². The minimum atomic E-state index is -1.11. The molecule has 104 valence electrons. The number of pyridine rings is 1. The lowest BCUT2D eigenvalue weighted by Gasteiger charge is -2.07. The van der Waals surface area contributed by atoms with Gasteiger partial charge < -0.3 is 9.84 Å². The van der Waals surface area contributed by atoms with Crippen molar-refractivity contribution in [2.75, 3.05) is 0 Å². The Morgan fingerprint density at radius 2 is 2.05 bits per heavy atom. The number of rotatable bonds is 5. The molecule has 0 aliphatic carbocycles. The second kappa shape index (κ2) is 6.39. The van der Waals surface area contributed by atoms with Crippen molar-refractivity contribution in [2.24, 2.45) is 0 Å². The Balaban J connectivity index is 2.17. The number of ether oxygens (including phenoxy) is 1. The Labute approximate surface area is 122 Å². The number of hydrogen-bond donors (Lipinski definition) is 1. The molecule has 0 bridgehead atoms. The van der Waals surface area contributed by atoms with E-state index in [2.05, 4.69) is 11.9 Å². The van der Waals surface area contributed by atoms with Gasteiger partial charge in [0.15, 0.2) is 0 Å². The molecule has 1 N–H and O–H groups in total. The molecule has 0 unspecified atom stereocenters. The van der Waals surface area contributed by atoms with Gasteiger partial charge in [0.1, 0.15) is 5.75 Å². The van der Waals surface area contributed by atoms with Gasteiger partial charge in [-0.3, -0.25) is 0 Å². The quantitative estimate of drug-likeness (QED) is 0.898. The Kier molecular flexibility index (Phi) is 4.58. The van der Waals surface area contributed by atoms with E-state index in [9.17, 15) is 4.79 Å². The summed E-state index contributed by atoms with van der Waals surface area (Å²) in [6.45, 7) is 2.12. The summed E-state index contributed by atoms with van der Waals surface area (Å²) in [6, 6.07) is 8.94. The molecule has 20 heavy (non-hydrogen) atoms. The van der Waals surface area contributed by atoms with Crippen LogP contribution in [0.5, 0.6) is 11.6 Å². The number of carbonyl (C=O) groups is 1. The van der Waals surface area contributed by atoms with Gasteiger partial charge in [-0.15, -0.1) is 0 Å². The lowest BCUT2D eigenvalue weighted by Crippen LogP contribution is -1.99. The normalized spacial score (nSPS) is 10.3. The third kappa shape index (κ3) is 3.48. The van der Waals surface area contributed by atoms with Gasteiger partial charge in [-0.2, -0.15) is 0 Å². The predicted molar refractivity (Wildman–Crippen MR) is 76.7 cm³/mol. The maximum absolute atomic E-state index is 11.0. The molecule has 5 heteroatoms. The van der Waals surface area contributed by atoms with Gasteiger partial charge in [0.05, 0.1) is 16.8 Å². The molecule has 0 aliphatic rings. The molecule has 1 heterocycles. The molecule has 0 amide bonds. The number of aromatic carboxylic acids is 1. The van der Waals surface area contributed by atoms with Crippen LogP contribution in [0.1, 0.15) is 29.3 Å². The summed E-state index contributed by atoms with van der Waals surface area (Å²) < 4.78 is 5.52.